The van der Waals surface area contributed by atoms with E-state index in [1.165, 1.54) is 10.5 Å². The molecule has 1 aliphatic carbocycles. The van der Waals surface area contributed by atoms with E-state index in [0.717, 1.165) is 100 Å². The van der Waals surface area contributed by atoms with Gasteiger partial charge in [-0.3, -0.25) is 24.0 Å². The van der Waals surface area contributed by atoms with E-state index in [4.69, 9.17) is 43.4 Å². The summed E-state index contributed by atoms with van der Waals surface area (Å²) in [6, 6.07) is 8.77. The topological polar surface area (TPSA) is 222 Å². The van der Waals surface area contributed by atoms with Crippen LogP contribution in [0.2, 0.25) is 14.8 Å². The molecule has 8 rings (SSSR count). The van der Waals surface area contributed by atoms with Gasteiger partial charge in [-0.1, -0.05) is 13.8 Å². The molecule has 8 atom stereocenters. The van der Waals surface area contributed by atoms with Crippen LogP contribution < -0.4 is 14.2 Å². The second-order valence-electron chi connectivity index (χ2n) is 21.2. The Morgan fingerprint density at radius 1 is 0.853 bits per heavy atom. The van der Waals surface area contributed by atoms with Gasteiger partial charge in [0.25, 0.3) is 0 Å². The molecule has 398 valence electrons. The van der Waals surface area contributed by atoms with E-state index in [1.54, 1.807) is 0 Å². The predicted molar refractivity (Wildman–Crippen MR) is 285 cm³/mol. The monoisotopic (exact) mass is 1140 g/mol. The molecule has 3 N–H and O–H groups in total. The number of benzene rings is 1. The number of fused-ring (bicyclic) bond motifs is 5. The van der Waals surface area contributed by atoms with Crippen molar-refractivity contribution in [3.05, 3.63) is 121 Å². The van der Waals surface area contributed by atoms with Gasteiger partial charge < -0.3 is 34.1 Å². The number of rotatable bonds is 15. The van der Waals surface area contributed by atoms with Crippen molar-refractivity contribution in [2.45, 2.75) is 153 Å². The third-order valence-corrected chi connectivity index (χ3v) is 20.6. The molecule has 7 aliphatic rings. The smallest absolute Gasteiger partial charge is 0.463 e. The molecule has 8 bridgehead atoms. The van der Waals surface area contributed by atoms with Crippen molar-refractivity contribution in [2.24, 2.45) is 26.8 Å². The zero-order valence-electron chi connectivity index (χ0n) is 45.2. The minimum Gasteiger partial charge on any atom is -0.463 e. The quantitative estimate of drug-likeness (QED) is 0.0868. The zero-order valence-corrected chi connectivity index (χ0v) is 48.0. The summed E-state index contributed by atoms with van der Waals surface area (Å²) < 4.78 is 36.3. The van der Waals surface area contributed by atoms with Gasteiger partial charge in [0.2, 0.25) is 5.91 Å². The van der Waals surface area contributed by atoms with E-state index in [-0.39, 0.29) is 43.0 Å². The maximum absolute atomic E-state index is 14.3. The number of aliphatic hydroxyl groups is 1. The molecule has 1 amide bonds. The number of aliphatic hydroxyl groups excluding tert-OH is 1. The number of allylic oxidation sites excluding steroid dienone is 11. The van der Waals surface area contributed by atoms with E-state index < -0.39 is 85.4 Å². The molecule has 75 heavy (non-hydrogen) atoms. The average molecular weight is 1130 g/mol. The van der Waals surface area contributed by atoms with Gasteiger partial charge in [-0.25, -0.2) is 4.99 Å². The number of esters is 4. The molecule has 6 heterocycles. The van der Waals surface area contributed by atoms with Crippen molar-refractivity contribution < 1.29 is 57.5 Å². The number of nitrogens with zero attached hydrogens (tertiary/aromatic N) is 3. The van der Waals surface area contributed by atoms with Gasteiger partial charge in [0, 0.05) is 63.3 Å². The predicted octanol–water partition coefficient (Wildman–Crippen LogP) is 7.79. The van der Waals surface area contributed by atoms with Crippen molar-refractivity contribution in [1.29, 1.82) is 0 Å². The summed E-state index contributed by atoms with van der Waals surface area (Å²) in [5, 5.41) is 18.3. The molecule has 1 unspecified atom stereocenters. The van der Waals surface area contributed by atoms with Crippen molar-refractivity contribution in [2.75, 3.05) is 6.61 Å². The first-order valence-corrected chi connectivity index (χ1v) is 35.7. The fourth-order valence-corrected chi connectivity index (χ4v) is 14.4. The fraction of sp³-hybridized carbons (Fsp3) is 0.474. The van der Waals surface area contributed by atoms with Crippen molar-refractivity contribution in [3.8, 4) is 0 Å². The van der Waals surface area contributed by atoms with Crippen LogP contribution in [-0.4, -0.2) is 114 Å². The van der Waals surface area contributed by atoms with Gasteiger partial charge in [0.1, 0.15) is 18.5 Å². The molecule has 0 radical (unpaired) electrons. The van der Waals surface area contributed by atoms with Crippen LogP contribution in [0.5, 0.6) is 0 Å². The Labute approximate surface area is 442 Å². The standard InChI is InChI=1S/C54H60N5O12.3CH3.Sn/c1-11-35-25(2)38-22-43-47(29(6)66-23-34-15-13-12-14-16-34)27(4)40(56-43)20-39-26(3)36(49(57-39)37-19-44(64)48-28(5)41(58-50(37)48)21-42(35)55-38)17-18-46(65)59-54-53(70-33(10)63)52(69-32(9)62)51(68-31(8)61)45(71-54)24-67-30(7)60;;;;/h12-13,15-16,20-22,26,29,36,45,51-54,57,64H,11,17-19,23-24H2,1-10H3,(H,59,65);3*1H3;/t26-,29?,36-,45+,51-,52-,53+,54+;;;;/m0..../s1. The van der Waals surface area contributed by atoms with Gasteiger partial charge in [-0.05, 0) is 31.4 Å². The Hall–Kier alpha value is -6.18. The van der Waals surface area contributed by atoms with Crippen LogP contribution in [-0.2, 0) is 59.0 Å². The van der Waals surface area contributed by atoms with Crippen LogP contribution in [0.25, 0.3) is 0 Å². The van der Waals surface area contributed by atoms with Crippen LogP contribution in [0.4, 0.5) is 0 Å². The van der Waals surface area contributed by atoms with Crippen LogP contribution in [0.1, 0.15) is 100 Å². The summed E-state index contributed by atoms with van der Waals surface area (Å²) in [6.07, 6.45) is 0.0125. The molecule has 0 spiro atoms. The molecule has 6 aliphatic heterocycles. The van der Waals surface area contributed by atoms with E-state index in [9.17, 15) is 29.1 Å². The average Bonchev–Trinajstić information content (AvgIpc) is 4.10. The Kier molecular flexibility index (Phi) is 16.3. The van der Waals surface area contributed by atoms with Crippen LogP contribution in [0, 0.1) is 11.8 Å². The first-order valence-electron chi connectivity index (χ1n) is 25.7. The maximum atomic E-state index is 14.3. The van der Waals surface area contributed by atoms with Crippen molar-refractivity contribution in [3.63, 3.8) is 0 Å². The summed E-state index contributed by atoms with van der Waals surface area (Å²) >= 11 is -2.34. The Morgan fingerprint density at radius 2 is 1.52 bits per heavy atom. The van der Waals surface area contributed by atoms with Gasteiger partial charge in [0.05, 0.1) is 11.4 Å². The molecule has 2 saturated heterocycles. The molecule has 1 aromatic rings. The second kappa shape index (κ2) is 22.2. The van der Waals surface area contributed by atoms with E-state index in [1.807, 2.05) is 13.0 Å². The van der Waals surface area contributed by atoms with E-state index in [0.29, 0.717) is 23.6 Å². The van der Waals surface area contributed by atoms with Crippen LogP contribution in [0.15, 0.2) is 131 Å². The molecular formula is C57H69N5O12Sn. The number of carbonyl (C=O) groups is 5. The van der Waals surface area contributed by atoms with E-state index >= 15 is 0 Å². The molecule has 18 heteroatoms. The third-order valence-electron chi connectivity index (χ3n) is 14.8. The molecule has 0 saturated carbocycles. The Morgan fingerprint density at radius 3 is 2.19 bits per heavy atom. The van der Waals surface area contributed by atoms with Crippen molar-refractivity contribution in [1.82, 2.24) is 10.6 Å². The van der Waals surface area contributed by atoms with Gasteiger partial charge in [-0.15, -0.1) is 0 Å². The number of aliphatic imine (C=N–C) groups is 3. The summed E-state index contributed by atoms with van der Waals surface area (Å²) in [4.78, 5) is 86.5. The summed E-state index contributed by atoms with van der Waals surface area (Å²) in [5.41, 5.74) is 13.7. The minimum absolute atomic E-state index is 0.0691. The Balaban J connectivity index is 1.15. The molecule has 1 aromatic carbocycles. The Bertz CT molecular complexity index is 2990. The SMILES string of the molecule is CCC1=C(C)C2=NC1=CC1=C(C)C3=C(O)CC(=C4NC(=CC5=NC(=C2)C(C(C)OCc2ccc[c]([Sn]([CH3])([CH3])[CH3])c2)=C5C)[C@@H](C)[C@@H]4CCC(=O)N[C@@H]2O[C@H](COC(C)=O)[C@H](OC(C)=O)[C@H](OC(C)=O)[C@H]2OC(C)=O)C3=N1. The normalized spacial score (nSPS) is 25.5. The summed E-state index contributed by atoms with van der Waals surface area (Å²) in [7, 11) is 0. The molecule has 0 aromatic heterocycles. The molecule has 2 fully saturated rings. The van der Waals surface area contributed by atoms with Gasteiger partial charge >= 0.3 is 213 Å². The number of nitrogens with one attached hydrogen (secondary N) is 2. The van der Waals surface area contributed by atoms with E-state index in [2.05, 4.69) is 96.5 Å². The summed E-state index contributed by atoms with van der Waals surface area (Å²) in [6.45, 7) is 17.0. The first-order chi connectivity index (χ1) is 35.4. The fourth-order valence-electron chi connectivity index (χ4n) is 10.9. The summed E-state index contributed by atoms with van der Waals surface area (Å²) in [5.74, 6) is -3.82. The minimum atomic E-state index is -2.34. The number of carbonyl (C=O) groups excluding carboxylic acids is 5. The van der Waals surface area contributed by atoms with Crippen molar-refractivity contribution >= 4 is 68.9 Å². The zero-order chi connectivity index (χ0) is 54.4. The third kappa shape index (κ3) is 11.6. The van der Waals surface area contributed by atoms with Crippen LogP contribution >= 0.6 is 0 Å². The van der Waals surface area contributed by atoms with Gasteiger partial charge in [-0.2, -0.15) is 0 Å². The second-order valence-corrected chi connectivity index (χ2v) is 35.7. The molecule has 17 nitrogen and oxygen atoms in total. The number of hydrogen-bond donors (Lipinski definition) is 3. The first kappa shape index (κ1) is 55.1. The number of ether oxygens (including phenoxy) is 6. The van der Waals surface area contributed by atoms with Gasteiger partial charge in [0.15, 0.2) is 24.5 Å². The molecular weight excluding hydrogens is 1070 g/mol. The number of amides is 1. The van der Waals surface area contributed by atoms with Crippen LogP contribution in [0.3, 0.4) is 0 Å². The number of hydrogen-bond acceptors (Lipinski definition) is 16.